The van der Waals surface area contributed by atoms with Crippen LogP contribution in [0.15, 0.2) is 35.8 Å². The third kappa shape index (κ3) is 2.49. The summed E-state index contributed by atoms with van der Waals surface area (Å²) in [6.07, 6.45) is 2.11. The van der Waals surface area contributed by atoms with Crippen LogP contribution in [0.25, 0.3) is 10.9 Å². The van der Waals surface area contributed by atoms with Gasteiger partial charge in [-0.3, -0.25) is 0 Å². The van der Waals surface area contributed by atoms with E-state index in [4.69, 9.17) is 4.74 Å². The SMILES string of the molecule is CCOc1ccc2c(ccn2Cc2csc(C)n2)c1. The second kappa shape index (κ2) is 5.05. The summed E-state index contributed by atoms with van der Waals surface area (Å²) in [5.41, 5.74) is 2.34. The molecule has 0 aliphatic heterocycles. The molecule has 0 atom stereocenters. The Labute approximate surface area is 116 Å². The van der Waals surface area contributed by atoms with Gasteiger partial charge in [0.1, 0.15) is 5.75 Å². The van der Waals surface area contributed by atoms with Crippen LogP contribution >= 0.6 is 11.3 Å². The number of aromatic nitrogens is 2. The Bertz CT molecular complexity index is 699. The Morgan fingerprint density at radius 2 is 2.21 bits per heavy atom. The van der Waals surface area contributed by atoms with E-state index in [-0.39, 0.29) is 0 Å². The van der Waals surface area contributed by atoms with Gasteiger partial charge in [0.15, 0.2) is 0 Å². The van der Waals surface area contributed by atoms with Gasteiger partial charge in [0.2, 0.25) is 0 Å². The zero-order chi connectivity index (χ0) is 13.2. The second-order valence-electron chi connectivity index (χ2n) is 4.46. The lowest BCUT2D eigenvalue weighted by molar-refractivity contribution is 0.340. The van der Waals surface area contributed by atoms with Gasteiger partial charge >= 0.3 is 0 Å². The fourth-order valence-corrected chi connectivity index (χ4v) is 2.83. The van der Waals surface area contributed by atoms with E-state index in [2.05, 4.69) is 39.3 Å². The third-order valence-electron chi connectivity index (χ3n) is 3.05. The lowest BCUT2D eigenvalue weighted by Crippen LogP contribution is -1.98. The quantitative estimate of drug-likeness (QED) is 0.721. The molecule has 0 radical (unpaired) electrons. The first-order valence-electron chi connectivity index (χ1n) is 6.39. The van der Waals surface area contributed by atoms with Crippen LogP contribution in [0.5, 0.6) is 5.75 Å². The minimum atomic E-state index is 0.699. The Morgan fingerprint density at radius 3 is 2.95 bits per heavy atom. The van der Waals surface area contributed by atoms with Crippen LogP contribution in [-0.2, 0) is 6.54 Å². The van der Waals surface area contributed by atoms with Crippen molar-refractivity contribution in [3.8, 4) is 5.75 Å². The minimum absolute atomic E-state index is 0.699. The molecule has 0 saturated heterocycles. The van der Waals surface area contributed by atoms with E-state index in [1.165, 1.54) is 10.9 Å². The van der Waals surface area contributed by atoms with Crippen molar-refractivity contribution in [3.05, 3.63) is 46.5 Å². The summed E-state index contributed by atoms with van der Waals surface area (Å²) in [4.78, 5) is 4.51. The van der Waals surface area contributed by atoms with Gasteiger partial charge in [0, 0.05) is 22.5 Å². The lowest BCUT2D eigenvalue weighted by atomic mass is 10.2. The molecule has 98 valence electrons. The van der Waals surface area contributed by atoms with Gasteiger partial charge in [0.05, 0.1) is 23.9 Å². The van der Waals surface area contributed by atoms with Gasteiger partial charge in [0.25, 0.3) is 0 Å². The Balaban J connectivity index is 1.92. The van der Waals surface area contributed by atoms with E-state index in [0.29, 0.717) is 6.61 Å². The van der Waals surface area contributed by atoms with Crippen molar-refractivity contribution in [1.29, 1.82) is 0 Å². The molecule has 4 heteroatoms. The molecule has 2 heterocycles. The van der Waals surface area contributed by atoms with E-state index in [0.717, 1.165) is 23.0 Å². The molecule has 0 aliphatic carbocycles. The summed E-state index contributed by atoms with van der Waals surface area (Å²) in [6.45, 7) is 5.56. The van der Waals surface area contributed by atoms with Gasteiger partial charge in [-0.1, -0.05) is 0 Å². The van der Waals surface area contributed by atoms with E-state index in [9.17, 15) is 0 Å². The van der Waals surface area contributed by atoms with Gasteiger partial charge in [-0.2, -0.15) is 0 Å². The molecule has 0 amide bonds. The number of ether oxygens (including phenoxy) is 1. The van der Waals surface area contributed by atoms with Gasteiger partial charge in [-0.15, -0.1) is 11.3 Å². The summed E-state index contributed by atoms with van der Waals surface area (Å²) in [6, 6.07) is 8.34. The van der Waals surface area contributed by atoms with Crippen LogP contribution in [0.1, 0.15) is 17.6 Å². The zero-order valence-corrected chi connectivity index (χ0v) is 11.9. The normalized spacial score (nSPS) is 11.1. The van der Waals surface area contributed by atoms with Gasteiger partial charge in [-0.25, -0.2) is 4.98 Å². The minimum Gasteiger partial charge on any atom is -0.494 e. The molecule has 3 rings (SSSR count). The molecule has 0 bridgehead atoms. The Morgan fingerprint density at radius 1 is 1.32 bits per heavy atom. The molecule has 0 fully saturated rings. The second-order valence-corrected chi connectivity index (χ2v) is 5.52. The summed E-state index contributed by atoms with van der Waals surface area (Å²) in [7, 11) is 0. The number of hydrogen-bond acceptors (Lipinski definition) is 3. The lowest BCUT2D eigenvalue weighted by Gasteiger charge is -2.05. The topological polar surface area (TPSA) is 27.1 Å². The largest absolute Gasteiger partial charge is 0.494 e. The number of thiazole rings is 1. The maximum absolute atomic E-state index is 5.52. The molecule has 0 spiro atoms. The van der Waals surface area contributed by atoms with E-state index in [1.54, 1.807) is 11.3 Å². The van der Waals surface area contributed by atoms with Crippen LogP contribution in [0.3, 0.4) is 0 Å². The van der Waals surface area contributed by atoms with E-state index < -0.39 is 0 Å². The van der Waals surface area contributed by atoms with E-state index >= 15 is 0 Å². The molecule has 2 aromatic heterocycles. The van der Waals surface area contributed by atoms with Crippen LogP contribution in [0, 0.1) is 6.92 Å². The number of rotatable bonds is 4. The predicted molar refractivity (Wildman–Crippen MR) is 79.1 cm³/mol. The molecular formula is C15H16N2OS. The van der Waals surface area contributed by atoms with Crippen molar-refractivity contribution in [1.82, 2.24) is 9.55 Å². The molecular weight excluding hydrogens is 256 g/mol. The first kappa shape index (κ1) is 12.2. The maximum atomic E-state index is 5.52. The molecule has 0 unspecified atom stereocenters. The fraction of sp³-hybridized carbons (Fsp3) is 0.267. The van der Waals surface area contributed by atoms with Crippen LogP contribution < -0.4 is 4.74 Å². The highest BCUT2D eigenvalue weighted by Gasteiger charge is 2.05. The summed E-state index contributed by atoms with van der Waals surface area (Å²) >= 11 is 1.70. The zero-order valence-electron chi connectivity index (χ0n) is 11.1. The average Bonchev–Trinajstić information content (AvgIpc) is 2.97. The molecule has 0 aliphatic rings. The van der Waals surface area contributed by atoms with Gasteiger partial charge < -0.3 is 9.30 Å². The number of benzene rings is 1. The standard InChI is InChI=1S/C15H16N2OS/c1-3-18-14-4-5-15-12(8-14)6-7-17(15)9-13-10-19-11(2)16-13/h4-8,10H,3,9H2,1-2H3. The van der Waals surface area contributed by atoms with Crippen LogP contribution in [0.2, 0.25) is 0 Å². The number of fused-ring (bicyclic) bond motifs is 1. The monoisotopic (exact) mass is 272 g/mol. The smallest absolute Gasteiger partial charge is 0.120 e. The van der Waals surface area contributed by atoms with Crippen molar-refractivity contribution in [2.45, 2.75) is 20.4 Å². The van der Waals surface area contributed by atoms with Crippen molar-refractivity contribution in [3.63, 3.8) is 0 Å². The fourth-order valence-electron chi connectivity index (χ4n) is 2.23. The van der Waals surface area contributed by atoms with Crippen LogP contribution in [0.4, 0.5) is 0 Å². The predicted octanol–water partition coefficient (Wildman–Crippen LogP) is 3.85. The molecule has 19 heavy (non-hydrogen) atoms. The first-order chi connectivity index (χ1) is 9.26. The highest BCUT2D eigenvalue weighted by molar-refractivity contribution is 7.09. The van der Waals surface area contributed by atoms with Crippen molar-refractivity contribution in [2.75, 3.05) is 6.61 Å². The van der Waals surface area contributed by atoms with Gasteiger partial charge in [-0.05, 0) is 38.1 Å². The summed E-state index contributed by atoms with van der Waals surface area (Å²) in [5, 5.41) is 4.44. The summed E-state index contributed by atoms with van der Waals surface area (Å²) < 4.78 is 7.75. The van der Waals surface area contributed by atoms with Crippen molar-refractivity contribution in [2.24, 2.45) is 0 Å². The number of hydrogen-bond donors (Lipinski definition) is 0. The third-order valence-corrected chi connectivity index (χ3v) is 3.87. The molecule has 0 N–H and O–H groups in total. The van der Waals surface area contributed by atoms with E-state index in [1.807, 2.05) is 19.9 Å². The molecule has 1 aromatic carbocycles. The number of nitrogens with zero attached hydrogens (tertiary/aromatic N) is 2. The summed E-state index contributed by atoms with van der Waals surface area (Å²) in [5.74, 6) is 0.928. The maximum Gasteiger partial charge on any atom is 0.120 e. The molecule has 0 saturated carbocycles. The highest BCUT2D eigenvalue weighted by Crippen LogP contribution is 2.23. The van der Waals surface area contributed by atoms with Crippen molar-refractivity contribution >= 4 is 22.2 Å². The van der Waals surface area contributed by atoms with Crippen molar-refractivity contribution < 1.29 is 4.74 Å². The Kier molecular flexibility index (Phi) is 3.25. The molecule has 3 aromatic rings. The molecule has 3 nitrogen and oxygen atoms in total. The highest BCUT2D eigenvalue weighted by atomic mass is 32.1. The van der Waals surface area contributed by atoms with Crippen LogP contribution in [-0.4, -0.2) is 16.2 Å². The first-order valence-corrected chi connectivity index (χ1v) is 7.27. The average molecular weight is 272 g/mol. The Hall–Kier alpha value is -1.81. The number of aryl methyl sites for hydroxylation is 1.